The Kier molecular flexibility index (Phi) is 9.62. The Morgan fingerprint density at radius 2 is 1.46 bits per heavy atom. The van der Waals surface area contributed by atoms with E-state index < -0.39 is 6.95 Å². The molecule has 13 heavy (non-hydrogen) atoms. The van der Waals surface area contributed by atoms with Crippen LogP contribution >= 0.6 is 50.0 Å². The summed E-state index contributed by atoms with van der Waals surface area (Å²) in [5, 5.41) is 1.59. The molecule has 7 heteroatoms. The average molecular weight is 358 g/mol. The van der Waals surface area contributed by atoms with Gasteiger partial charge in [0.2, 0.25) is 0 Å². The Balaban J connectivity index is 3.49. The van der Waals surface area contributed by atoms with E-state index in [1.807, 2.05) is 0 Å². The number of alkyl halides is 2. The van der Waals surface area contributed by atoms with E-state index in [-0.39, 0.29) is 0 Å². The average Bonchev–Trinajstić information content (AvgIpc) is 2.05. The van der Waals surface area contributed by atoms with Crippen molar-refractivity contribution >= 4 is 50.0 Å². The highest BCUT2D eigenvalue weighted by molar-refractivity contribution is 9.09. The first-order chi connectivity index (χ1) is 6.12. The maximum atomic E-state index is 11.3. The van der Waals surface area contributed by atoms with E-state index in [0.717, 1.165) is 23.5 Å². The van der Waals surface area contributed by atoms with Crippen molar-refractivity contribution < 1.29 is 13.6 Å². The van der Waals surface area contributed by atoms with E-state index in [0.29, 0.717) is 13.2 Å². The number of rotatable bonds is 8. The van der Waals surface area contributed by atoms with Crippen LogP contribution in [0.3, 0.4) is 0 Å². The largest absolute Gasteiger partial charge is 0.424 e. The lowest BCUT2D eigenvalue weighted by atomic mass is 10.5. The number of hydrogen-bond acceptors (Lipinski definition) is 3. The van der Waals surface area contributed by atoms with E-state index >= 15 is 0 Å². The number of hydrogen-bond donors (Lipinski definition) is 0. The summed E-state index contributed by atoms with van der Waals surface area (Å²) in [7, 11) is 0. The molecule has 0 aromatic rings. The fourth-order valence-corrected chi connectivity index (χ4v) is 2.13. The van der Waals surface area contributed by atoms with Gasteiger partial charge in [0.1, 0.15) is 0 Å². The molecule has 0 heterocycles. The van der Waals surface area contributed by atoms with Crippen LogP contribution in [-0.4, -0.2) is 23.9 Å². The lowest BCUT2D eigenvalue weighted by Gasteiger charge is -2.10. The Morgan fingerprint density at radius 3 is 1.77 bits per heavy atom. The molecule has 0 bridgehead atoms. The zero-order chi connectivity index (χ0) is 10.2. The summed E-state index contributed by atoms with van der Waals surface area (Å²) >= 11 is 11.9. The minimum absolute atomic E-state index is 0.348. The van der Waals surface area contributed by atoms with Crippen molar-refractivity contribution in [3.8, 4) is 0 Å². The van der Waals surface area contributed by atoms with Gasteiger partial charge in [-0.1, -0.05) is 31.9 Å². The van der Waals surface area contributed by atoms with Crippen LogP contribution in [0.5, 0.6) is 0 Å². The normalized spacial score (nSPS) is 11.9. The monoisotopic (exact) mass is 356 g/mol. The van der Waals surface area contributed by atoms with Crippen LogP contribution in [0.1, 0.15) is 12.8 Å². The summed E-state index contributed by atoms with van der Waals surface area (Å²) in [6.07, 6.45) is 1.52. The van der Waals surface area contributed by atoms with Crippen LogP contribution in [-0.2, 0) is 13.6 Å². The molecule has 0 saturated carbocycles. The van der Waals surface area contributed by atoms with E-state index in [1.165, 1.54) is 0 Å². The van der Waals surface area contributed by atoms with Crippen molar-refractivity contribution in [2.24, 2.45) is 0 Å². The molecule has 0 aliphatic carbocycles. The summed E-state index contributed by atoms with van der Waals surface area (Å²) in [6.45, 7) is -2.63. The molecule has 3 nitrogen and oxygen atoms in total. The van der Waals surface area contributed by atoms with E-state index in [1.54, 1.807) is 0 Å². The van der Waals surface area contributed by atoms with Crippen LogP contribution in [0.15, 0.2) is 0 Å². The molecule has 0 unspecified atom stereocenters. The van der Waals surface area contributed by atoms with Crippen molar-refractivity contribution in [3.05, 3.63) is 0 Å². The Bertz CT molecular complexity index is 156. The van der Waals surface area contributed by atoms with E-state index in [2.05, 4.69) is 31.9 Å². The first kappa shape index (κ1) is 14.4. The van der Waals surface area contributed by atoms with Crippen molar-refractivity contribution in [1.82, 2.24) is 0 Å². The highest BCUT2D eigenvalue weighted by Crippen LogP contribution is 2.53. The molecule has 0 fully saturated rings. The molecule has 0 radical (unpaired) electrons. The third-order valence-electron chi connectivity index (χ3n) is 1.05. The van der Waals surface area contributed by atoms with Crippen molar-refractivity contribution in [3.63, 3.8) is 0 Å². The second kappa shape index (κ2) is 8.69. The summed E-state index contributed by atoms with van der Waals surface area (Å²) in [5.74, 6) is 0. The van der Waals surface area contributed by atoms with Crippen molar-refractivity contribution in [1.29, 1.82) is 0 Å². The molecule has 0 rings (SSSR count). The van der Waals surface area contributed by atoms with Gasteiger partial charge in [-0.05, 0) is 12.8 Å². The molecule has 0 aliphatic rings. The Hall–Kier alpha value is 1.40. The predicted octanol–water partition coefficient (Wildman–Crippen LogP) is 3.94. The van der Waals surface area contributed by atoms with Gasteiger partial charge in [-0.3, -0.25) is 9.05 Å². The van der Waals surface area contributed by atoms with E-state index in [4.69, 9.17) is 20.3 Å². The topological polar surface area (TPSA) is 35.5 Å². The van der Waals surface area contributed by atoms with Gasteiger partial charge >= 0.3 is 6.95 Å². The molecular formula is C6H12Br2ClO3P. The molecule has 0 amide bonds. The van der Waals surface area contributed by atoms with Crippen LogP contribution in [0.2, 0.25) is 0 Å². The van der Waals surface area contributed by atoms with Gasteiger partial charge in [0, 0.05) is 21.9 Å². The maximum Gasteiger partial charge on any atom is 0.424 e. The highest BCUT2D eigenvalue weighted by Gasteiger charge is 2.19. The number of halogens is 3. The lowest BCUT2D eigenvalue weighted by molar-refractivity contribution is 0.220. The van der Waals surface area contributed by atoms with Crippen LogP contribution in [0.4, 0.5) is 0 Å². The SMILES string of the molecule is O=P(Cl)(OCCCBr)OCCCBr. The minimum atomic E-state index is -3.32. The lowest BCUT2D eigenvalue weighted by Crippen LogP contribution is -1.96. The predicted molar refractivity (Wildman–Crippen MR) is 62.2 cm³/mol. The highest BCUT2D eigenvalue weighted by atomic mass is 79.9. The smallest absolute Gasteiger partial charge is 0.297 e. The Labute approximate surface area is 100 Å². The van der Waals surface area contributed by atoms with Gasteiger partial charge in [0.15, 0.2) is 0 Å². The summed E-state index contributed by atoms with van der Waals surface area (Å²) in [5.41, 5.74) is 0. The zero-order valence-electron chi connectivity index (χ0n) is 7.05. The molecule has 0 aromatic heterocycles. The molecule has 0 atom stereocenters. The van der Waals surface area contributed by atoms with Gasteiger partial charge < -0.3 is 0 Å². The van der Waals surface area contributed by atoms with Crippen molar-refractivity contribution in [2.75, 3.05) is 23.9 Å². The van der Waals surface area contributed by atoms with Gasteiger partial charge in [-0.25, -0.2) is 4.57 Å². The van der Waals surface area contributed by atoms with Crippen molar-refractivity contribution in [2.45, 2.75) is 12.8 Å². The molecular weight excluding hydrogens is 346 g/mol. The Morgan fingerprint density at radius 1 is 1.08 bits per heavy atom. The van der Waals surface area contributed by atoms with Gasteiger partial charge in [0.25, 0.3) is 0 Å². The molecule has 80 valence electrons. The fraction of sp³-hybridized carbons (Fsp3) is 1.00. The standard InChI is InChI=1S/C6H12Br2ClO3P/c7-3-1-5-11-13(9,10)12-6-2-4-8/h1-6H2. The first-order valence-corrected chi connectivity index (χ1v) is 8.52. The van der Waals surface area contributed by atoms with Crippen LogP contribution in [0.25, 0.3) is 0 Å². The van der Waals surface area contributed by atoms with E-state index in [9.17, 15) is 4.57 Å². The van der Waals surface area contributed by atoms with Crippen LogP contribution < -0.4 is 0 Å². The fourth-order valence-electron chi connectivity index (χ4n) is 0.494. The molecule has 0 aliphatic heterocycles. The zero-order valence-corrected chi connectivity index (χ0v) is 11.9. The summed E-state index contributed by atoms with van der Waals surface area (Å²) in [4.78, 5) is 0. The second-order valence-corrected chi connectivity index (χ2v) is 6.39. The maximum absolute atomic E-state index is 11.3. The third kappa shape index (κ3) is 9.70. The molecule has 0 saturated heterocycles. The summed E-state index contributed by atoms with van der Waals surface area (Å²) < 4.78 is 21.0. The molecule has 0 N–H and O–H groups in total. The minimum Gasteiger partial charge on any atom is -0.297 e. The van der Waals surface area contributed by atoms with Crippen LogP contribution in [0, 0.1) is 0 Å². The molecule has 0 aromatic carbocycles. The first-order valence-electron chi connectivity index (χ1n) is 3.83. The van der Waals surface area contributed by atoms with Gasteiger partial charge in [-0.2, -0.15) is 0 Å². The van der Waals surface area contributed by atoms with Gasteiger partial charge in [0.05, 0.1) is 13.2 Å². The molecule has 0 spiro atoms. The second-order valence-electron chi connectivity index (χ2n) is 2.18. The quantitative estimate of drug-likeness (QED) is 0.375. The third-order valence-corrected chi connectivity index (χ3v) is 3.74. The summed E-state index contributed by atoms with van der Waals surface area (Å²) in [6, 6.07) is 0. The van der Waals surface area contributed by atoms with Gasteiger partial charge in [-0.15, -0.1) is 0 Å².